The number of thiazole rings is 1. The van der Waals surface area contributed by atoms with Crippen molar-refractivity contribution in [1.82, 2.24) is 14.8 Å². The van der Waals surface area contributed by atoms with Gasteiger partial charge in [0, 0.05) is 10.9 Å². The van der Waals surface area contributed by atoms with E-state index in [1.165, 1.54) is 34.4 Å². The zero-order valence-electron chi connectivity index (χ0n) is 16.9. The molecule has 9 nitrogen and oxygen atoms in total. The first-order valence-corrected chi connectivity index (χ1v) is 10.6. The van der Waals surface area contributed by atoms with Gasteiger partial charge in [0.1, 0.15) is 11.4 Å². The van der Waals surface area contributed by atoms with Crippen molar-refractivity contribution in [3.05, 3.63) is 94.3 Å². The molecule has 0 aliphatic heterocycles. The molecule has 0 bridgehead atoms. The van der Waals surface area contributed by atoms with Crippen molar-refractivity contribution in [2.75, 3.05) is 0 Å². The molecule has 0 radical (unpaired) electrons. The Labute approximate surface area is 190 Å². The van der Waals surface area contributed by atoms with Gasteiger partial charge in [-0.15, -0.1) is 21.6 Å². The molecule has 0 unspecified atom stereocenters. The fraction of sp³-hybridized carbons (Fsp3) is 0. The van der Waals surface area contributed by atoms with Gasteiger partial charge in [0.25, 0.3) is 0 Å². The molecule has 0 spiro atoms. The third-order valence-electron chi connectivity index (χ3n) is 4.78. The second-order valence-corrected chi connectivity index (χ2v) is 7.69. The predicted octanol–water partition coefficient (Wildman–Crippen LogP) is 5.66. The highest BCUT2D eigenvalue weighted by Crippen LogP contribution is 2.30. The molecule has 0 saturated carbocycles. The summed E-state index contributed by atoms with van der Waals surface area (Å²) in [4.78, 5) is 29.3. The number of carboxylic acids is 1. The summed E-state index contributed by atoms with van der Waals surface area (Å²) >= 11 is 1.29. The monoisotopic (exact) mass is 457 g/mol. The van der Waals surface area contributed by atoms with Gasteiger partial charge < -0.3 is 9.52 Å². The quantitative estimate of drug-likeness (QED) is 0.318. The zero-order chi connectivity index (χ0) is 22.8. The number of carbonyl (C=O) groups is 1. The smallest absolute Gasteiger partial charge is 0.337 e. The van der Waals surface area contributed by atoms with Gasteiger partial charge in [-0.25, -0.2) is 9.78 Å². The minimum Gasteiger partial charge on any atom is -0.478 e. The lowest BCUT2D eigenvalue weighted by molar-refractivity contribution is 0.0697. The third kappa shape index (κ3) is 3.90. The zero-order valence-corrected chi connectivity index (χ0v) is 17.7. The Bertz CT molecular complexity index is 1510. The number of nitrogens with zero attached hydrogens (tertiary/aromatic N) is 4. The van der Waals surface area contributed by atoms with Gasteiger partial charge in [0.2, 0.25) is 5.13 Å². The molecule has 2 aromatic carbocycles. The van der Waals surface area contributed by atoms with Crippen LogP contribution in [0.1, 0.15) is 10.4 Å². The molecule has 0 saturated heterocycles. The molecule has 2 N–H and O–H groups in total. The number of azo groups is 1. The Hall–Kier alpha value is -4.57. The van der Waals surface area contributed by atoms with E-state index in [9.17, 15) is 14.7 Å². The number of H-pyrrole nitrogens is 1. The Balaban J connectivity index is 1.60. The van der Waals surface area contributed by atoms with Crippen LogP contribution in [0.5, 0.6) is 0 Å². The van der Waals surface area contributed by atoms with Crippen LogP contribution in [0.3, 0.4) is 0 Å². The number of hydrogen-bond acceptors (Lipinski definition) is 7. The topological polar surface area (TPSA) is 126 Å². The van der Waals surface area contributed by atoms with Crippen molar-refractivity contribution in [2.24, 2.45) is 10.2 Å². The number of benzene rings is 2. The van der Waals surface area contributed by atoms with Gasteiger partial charge in [0.05, 0.1) is 17.5 Å². The molecule has 0 atom stereocenters. The van der Waals surface area contributed by atoms with E-state index in [1.807, 2.05) is 35.7 Å². The molecule has 0 fully saturated rings. The highest BCUT2D eigenvalue weighted by molar-refractivity contribution is 7.12. The minimum atomic E-state index is -1.14. The summed E-state index contributed by atoms with van der Waals surface area (Å²) in [7, 11) is 0. The molecular weight excluding hydrogens is 442 g/mol. The van der Waals surface area contributed by atoms with E-state index in [0.717, 1.165) is 11.3 Å². The Morgan fingerprint density at radius 3 is 2.58 bits per heavy atom. The highest BCUT2D eigenvalue weighted by atomic mass is 32.1. The highest BCUT2D eigenvalue weighted by Gasteiger charge is 2.21. The Morgan fingerprint density at radius 1 is 1.03 bits per heavy atom. The molecule has 3 heterocycles. The number of hydrogen-bond donors (Lipinski definition) is 2. The molecule has 0 aliphatic carbocycles. The number of aromatic nitrogens is 3. The number of rotatable bonds is 6. The molecule has 0 aliphatic rings. The van der Waals surface area contributed by atoms with Crippen molar-refractivity contribution in [3.63, 3.8) is 0 Å². The van der Waals surface area contributed by atoms with Crippen molar-refractivity contribution >= 4 is 28.7 Å². The molecule has 3 aromatic heterocycles. The maximum atomic E-state index is 13.3. The lowest BCUT2D eigenvalue weighted by Crippen LogP contribution is -2.13. The third-order valence-corrected chi connectivity index (χ3v) is 5.60. The number of furan rings is 1. The summed E-state index contributed by atoms with van der Waals surface area (Å²) in [5.74, 6) is -0.760. The van der Waals surface area contributed by atoms with E-state index >= 15 is 0 Å². The molecule has 0 amide bonds. The van der Waals surface area contributed by atoms with Crippen LogP contribution in [0.2, 0.25) is 0 Å². The van der Waals surface area contributed by atoms with Gasteiger partial charge in [0.15, 0.2) is 11.4 Å². The molecule has 5 rings (SSSR count). The normalized spacial score (nSPS) is 11.3. The van der Waals surface area contributed by atoms with Gasteiger partial charge in [-0.3, -0.25) is 9.89 Å². The summed E-state index contributed by atoms with van der Waals surface area (Å²) in [6.45, 7) is 0. The Kier molecular flexibility index (Phi) is 5.25. The second-order valence-electron chi connectivity index (χ2n) is 6.86. The van der Waals surface area contributed by atoms with Crippen molar-refractivity contribution < 1.29 is 14.3 Å². The summed E-state index contributed by atoms with van der Waals surface area (Å²) in [6.07, 6.45) is 1.47. The fourth-order valence-electron chi connectivity index (χ4n) is 3.20. The maximum Gasteiger partial charge on any atom is 0.337 e. The van der Waals surface area contributed by atoms with Crippen LogP contribution in [-0.2, 0) is 0 Å². The molecule has 5 aromatic rings. The average molecular weight is 457 g/mol. The van der Waals surface area contributed by atoms with Crippen molar-refractivity contribution in [2.45, 2.75) is 0 Å². The van der Waals surface area contributed by atoms with E-state index < -0.39 is 11.5 Å². The number of nitrogens with one attached hydrogen (secondary N) is 1. The van der Waals surface area contributed by atoms with Gasteiger partial charge in [-0.05, 0) is 24.3 Å². The van der Waals surface area contributed by atoms with Gasteiger partial charge in [-0.1, -0.05) is 42.5 Å². The summed E-state index contributed by atoms with van der Waals surface area (Å²) < 4.78 is 6.73. The lowest BCUT2D eigenvalue weighted by atomic mass is 10.2. The molecule has 10 heteroatoms. The van der Waals surface area contributed by atoms with E-state index in [2.05, 4.69) is 20.3 Å². The van der Waals surface area contributed by atoms with Gasteiger partial charge in [-0.2, -0.15) is 4.68 Å². The summed E-state index contributed by atoms with van der Waals surface area (Å²) in [5.41, 5.74) is 1.55. The van der Waals surface area contributed by atoms with E-state index in [4.69, 9.17) is 4.42 Å². The first-order valence-electron chi connectivity index (χ1n) is 9.76. The predicted molar refractivity (Wildman–Crippen MR) is 123 cm³/mol. The van der Waals surface area contributed by atoms with Crippen LogP contribution in [0.25, 0.3) is 27.8 Å². The summed E-state index contributed by atoms with van der Waals surface area (Å²) in [6, 6.07) is 19.1. The van der Waals surface area contributed by atoms with E-state index in [1.54, 1.807) is 24.3 Å². The van der Waals surface area contributed by atoms with Crippen LogP contribution in [0, 0.1) is 0 Å². The average Bonchev–Trinajstić information content (AvgIpc) is 3.59. The molecular formula is C23H15N5O4S. The maximum absolute atomic E-state index is 13.3. The van der Waals surface area contributed by atoms with Crippen LogP contribution >= 0.6 is 11.3 Å². The van der Waals surface area contributed by atoms with E-state index in [0.29, 0.717) is 16.6 Å². The second kappa shape index (κ2) is 8.52. The SMILES string of the molecule is O=C(O)c1ccccc1N=Nc1c(-c2ccco2)[nH]n(-c2nc(-c3ccccc3)cs2)c1=O. The summed E-state index contributed by atoms with van der Waals surface area (Å²) in [5, 5.41) is 22.8. The fourth-order valence-corrected chi connectivity index (χ4v) is 3.99. The Morgan fingerprint density at radius 2 is 1.82 bits per heavy atom. The molecule has 33 heavy (non-hydrogen) atoms. The van der Waals surface area contributed by atoms with Gasteiger partial charge >= 0.3 is 11.5 Å². The number of aromatic carboxylic acids is 1. The molecule has 162 valence electrons. The standard InChI is InChI=1S/C23H15N5O4S/c29-21-20(26-25-16-10-5-4-9-15(16)22(30)31)19(18-11-6-12-32-18)27-28(21)23-24-17(13-33-23)14-7-2-1-3-8-14/h1-13,27H,(H,30,31). The van der Waals surface area contributed by atoms with Crippen LogP contribution in [-0.4, -0.2) is 25.8 Å². The largest absolute Gasteiger partial charge is 0.478 e. The van der Waals surface area contributed by atoms with E-state index in [-0.39, 0.29) is 16.9 Å². The van der Waals surface area contributed by atoms with Crippen LogP contribution in [0.15, 0.2) is 97.8 Å². The van der Waals surface area contributed by atoms with Crippen LogP contribution in [0.4, 0.5) is 11.4 Å². The van der Waals surface area contributed by atoms with Crippen molar-refractivity contribution in [3.8, 4) is 27.8 Å². The number of carboxylic acid groups (broad SMARTS) is 1. The van der Waals surface area contributed by atoms with Crippen molar-refractivity contribution in [1.29, 1.82) is 0 Å². The lowest BCUT2D eigenvalue weighted by Gasteiger charge is -1.98. The first kappa shape index (κ1) is 20.3. The number of aromatic amines is 1. The van der Waals surface area contributed by atoms with Crippen LogP contribution < -0.4 is 5.56 Å². The minimum absolute atomic E-state index is 0.0240. The first-order chi connectivity index (χ1) is 16.1.